The van der Waals surface area contributed by atoms with Crippen molar-refractivity contribution < 1.29 is 24.1 Å². The predicted molar refractivity (Wildman–Crippen MR) is 160 cm³/mol. The molecule has 2 aliphatic rings. The van der Waals surface area contributed by atoms with E-state index in [0.717, 1.165) is 11.4 Å². The smallest absolute Gasteiger partial charge is 0.415 e. The van der Waals surface area contributed by atoms with Crippen LogP contribution in [0.25, 0.3) is 10.4 Å². The molecule has 3 heterocycles. The van der Waals surface area contributed by atoms with Crippen LogP contribution < -0.4 is 26.2 Å². The van der Waals surface area contributed by atoms with E-state index in [1.165, 1.54) is 10.8 Å². The number of amides is 1. The number of aliphatic hydroxyl groups excluding tert-OH is 1. The molecule has 0 spiro atoms. The molecule has 4 rings (SSSR count). The SMILES string of the molecule is COc1ccc2c(c1)N(C(=O)OC(C)C)[C@@H](CSC)C(=S)N2.Cc1cn([C@H]2C[C@H](N=[N+]=[N-])[C@@H](CO)O2)c(=O)[nH]c1=O. The van der Waals surface area contributed by atoms with Gasteiger partial charge < -0.3 is 24.6 Å². The van der Waals surface area contributed by atoms with E-state index in [9.17, 15) is 14.4 Å². The zero-order valence-electron chi connectivity index (χ0n) is 23.3. The van der Waals surface area contributed by atoms with Crippen LogP contribution in [0.4, 0.5) is 16.2 Å². The van der Waals surface area contributed by atoms with Gasteiger partial charge in [-0.05, 0) is 44.7 Å². The highest BCUT2D eigenvalue weighted by Crippen LogP contribution is 2.37. The summed E-state index contributed by atoms with van der Waals surface area (Å²) in [5.41, 5.74) is 9.26. The topological polar surface area (TPSA) is 184 Å². The van der Waals surface area contributed by atoms with Gasteiger partial charge >= 0.3 is 11.8 Å². The Labute approximate surface area is 245 Å². The maximum atomic E-state index is 12.6. The number of ether oxygens (including phenoxy) is 3. The molecule has 0 aliphatic carbocycles. The molecule has 2 aliphatic heterocycles. The highest BCUT2D eigenvalue weighted by molar-refractivity contribution is 7.98. The normalized spacial score (nSPS) is 21.2. The highest BCUT2D eigenvalue weighted by atomic mass is 32.2. The zero-order valence-corrected chi connectivity index (χ0v) is 24.9. The zero-order chi connectivity index (χ0) is 30.3. The summed E-state index contributed by atoms with van der Waals surface area (Å²) < 4.78 is 17.4. The van der Waals surface area contributed by atoms with Crippen molar-refractivity contribution in [2.75, 3.05) is 35.9 Å². The standard InChI is InChI=1S/C15H20N2O3S2.C10H13N5O4/c1-9(2)20-15(18)17-12-7-10(19-3)5-6-11(12)16-14(21)13(17)8-22-4;1-5-3-15(10(18)12-9(5)17)8-2-6(13-14-11)7(4-16)19-8/h5-7,9,13H,8H2,1-4H3,(H,16,21);3,6-8,16H,2,4H2,1H3,(H,12,17,18)/t13-;6-,7+,8+/m00/s1. The van der Waals surface area contributed by atoms with Crippen LogP contribution in [-0.2, 0) is 9.47 Å². The number of fused-ring (bicyclic) bond motifs is 1. The molecule has 0 saturated carbocycles. The Kier molecular flexibility index (Phi) is 11.2. The summed E-state index contributed by atoms with van der Waals surface area (Å²) >= 11 is 7.06. The van der Waals surface area contributed by atoms with Crippen molar-refractivity contribution >= 4 is 46.4 Å². The van der Waals surface area contributed by atoms with E-state index in [-0.39, 0.29) is 25.2 Å². The van der Waals surface area contributed by atoms with Gasteiger partial charge in [0.05, 0.1) is 49.4 Å². The lowest BCUT2D eigenvalue weighted by molar-refractivity contribution is -0.0271. The molecule has 1 fully saturated rings. The molecular formula is C25H33N7O7S2. The number of hydrogen-bond donors (Lipinski definition) is 3. The number of aliphatic hydroxyl groups is 1. The molecule has 1 aromatic carbocycles. The molecule has 14 nitrogen and oxygen atoms in total. The molecule has 222 valence electrons. The number of rotatable bonds is 7. The fourth-order valence-corrected chi connectivity index (χ4v) is 5.31. The van der Waals surface area contributed by atoms with Crippen LogP contribution in [0, 0.1) is 6.92 Å². The number of aryl methyl sites for hydroxylation is 1. The minimum absolute atomic E-state index is 0.194. The molecule has 1 saturated heterocycles. The molecule has 2 aromatic rings. The summed E-state index contributed by atoms with van der Waals surface area (Å²) in [4.78, 5) is 42.6. The second kappa shape index (κ2) is 14.4. The number of carbonyl (C=O) groups is 1. The lowest BCUT2D eigenvalue weighted by Crippen LogP contribution is -2.52. The number of azide groups is 1. The average molecular weight is 608 g/mol. The maximum Gasteiger partial charge on any atom is 0.415 e. The van der Waals surface area contributed by atoms with Crippen molar-refractivity contribution in [3.8, 4) is 5.75 Å². The number of aromatic amines is 1. The highest BCUT2D eigenvalue weighted by Gasteiger charge is 2.37. The Bertz CT molecular complexity index is 1420. The number of nitrogens with one attached hydrogen (secondary N) is 2. The lowest BCUT2D eigenvalue weighted by atomic mass is 10.1. The molecule has 3 N–H and O–H groups in total. The number of thioether (sulfide) groups is 1. The Morgan fingerprint density at radius 3 is 2.73 bits per heavy atom. The molecule has 4 atom stereocenters. The number of methoxy groups -OCH3 is 1. The van der Waals surface area contributed by atoms with Crippen molar-refractivity contribution in [3.05, 3.63) is 61.2 Å². The van der Waals surface area contributed by atoms with Crippen molar-refractivity contribution in [2.24, 2.45) is 5.11 Å². The van der Waals surface area contributed by atoms with Crippen LogP contribution in [0.1, 0.15) is 32.1 Å². The Balaban J connectivity index is 0.000000228. The molecule has 1 amide bonds. The van der Waals surface area contributed by atoms with Crippen molar-refractivity contribution in [1.82, 2.24) is 9.55 Å². The third-order valence-corrected chi connectivity index (χ3v) is 7.26. The minimum Gasteiger partial charge on any atom is -0.497 e. The number of anilines is 2. The van der Waals surface area contributed by atoms with E-state index in [4.69, 9.17) is 37.1 Å². The van der Waals surface area contributed by atoms with Gasteiger partial charge in [0.2, 0.25) is 0 Å². The first-order chi connectivity index (χ1) is 19.5. The van der Waals surface area contributed by atoms with Crippen LogP contribution in [0.3, 0.4) is 0 Å². The summed E-state index contributed by atoms with van der Waals surface area (Å²) in [6, 6.07) is 4.72. The molecule has 1 aromatic heterocycles. The van der Waals surface area contributed by atoms with Gasteiger partial charge in [-0.25, -0.2) is 9.59 Å². The molecular weight excluding hydrogens is 574 g/mol. The second-order valence-electron chi connectivity index (χ2n) is 9.44. The van der Waals surface area contributed by atoms with E-state index >= 15 is 0 Å². The van der Waals surface area contributed by atoms with Gasteiger partial charge in [-0.15, -0.1) is 0 Å². The van der Waals surface area contributed by atoms with E-state index in [2.05, 4.69) is 20.3 Å². The third kappa shape index (κ3) is 7.59. The fourth-order valence-electron chi connectivity index (χ4n) is 4.27. The monoisotopic (exact) mass is 607 g/mol. The number of nitrogens with zero attached hydrogens (tertiary/aromatic N) is 5. The van der Waals surface area contributed by atoms with Gasteiger partial charge in [0.15, 0.2) is 0 Å². The van der Waals surface area contributed by atoms with E-state index < -0.39 is 35.7 Å². The summed E-state index contributed by atoms with van der Waals surface area (Å²) in [5, 5.41) is 15.9. The predicted octanol–water partition coefficient (Wildman–Crippen LogP) is 3.33. The van der Waals surface area contributed by atoms with Gasteiger partial charge in [0, 0.05) is 34.9 Å². The quantitative estimate of drug-likeness (QED) is 0.183. The molecule has 0 radical (unpaired) electrons. The van der Waals surface area contributed by atoms with Crippen molar-refractivity contribution in [1.29, 1.82) is 0 Å². The average Bonchev–Trinajstić information content (AvgIpc) is 3.33. The minimum atomic E-state index is -0.671. The first kappa shape index (κ1) is 32.0. The Hall–Kier alpha value is -3.56. The Morgan fingerprint density at radius 2 is 2.12 bits per heavy atom. The number of thiocarbonyl (C=S) groups is 1. The second-order valence-corrected chi connectivity index (χ2v) is 10.8. The molecule has 0 bridgehead atoms. The van der Waals surface area contributed by atoms with Crippen molar-refractivity contribution in [2.45, 2.75) is 57.7 Å². The van der Waals surface area contributed by atoms with E-state index in [1.54, 1.807) is 30.7 Å². The Morgan fingerprint density at radius 1 is 1.39 bits per heavy atom. The summed E-state index contributed by atoms with van der Waals surface area (Å²) in [7, 11) is 1.60. The van der Waals surface area contributed by atoms with E-state index in [0.29, 0.717) is 22.1 Å². The van der Waals surface area contributed by atoms with Crippen molar-refractivity contribution in [3.63, 3.8) is 0 Å². The summed E-state index contributed by atoms with van der Waals surface area (Å²) in [6.45, 7) is 4.92. The van der Waals surface area contributed by atoms with Crippen LogP contribution in [0.15, 0.2) is 39.1 Å². The van der Waals surface area contributed by atoms with Gasteiger partial charge in [-0.1, -0.05) is 17.3 Å². The van der Waals surface area contributed by atoms with Crippen LogP contribution in [-0.4, -0.2) is 75.8 Å². The maximum absolute atomic E-state index is 12.6. The molecule has 0 unspecified atom stereocenters. The van der Waals surface area contributed by atoms with Crippen LogP contribution in [0.2, 0.25) is 0 Å². The van der Waals surface area contributed by atoms with Crippen LogP contribution in [0.5, 0.6) is 5.75 Å². The number of benzene rings is 1. The van der Waals surface area contributed by atoms with Gasteiger partial charge in [0.1, 0.15) is 17.0 Å². The van der Waals surface area contributed by atoms with Gasteiger partial charge in [0.25, 0.3) is 5.56 Å². The summed E-state index contributed by atoms with van der Waals surface area (Å²) in [6.07, 6.45) is 1.72. The number of H-pyrrole nitrogens is 1. The molecule has 16 heteroatoms. The largest absolute Gasteiger partial charge is 0.497 e. The third-order valence-electron chi connectivity index (χ3n) is 6.23. The summed E-state index contributed by atoms with van der Waals surface area (Å²) in [5.74, 6) is 1.37. The lowest BCUT2D eigenvalue weighted by Gasteiger charge is -2.37. The van der Waals surface area contributed by atoms with Gasteiger partial charge in [-0.3, -0.25) is 19.2 Å². The first-order valence-corrected chi connectivity index (χ1v) is 14.4. The van der Waals surface area contributed by atoms with Crippen LogP contribution >= 0.6 is 24.0 Å². The first-order valence-electron chi connectivity index (χ1n) is 12.6. The number of hydrogen-bond acceptors (Lipinski definition) is 10. The number of aromatic nitrogens is 2. The number of carbonyl (C=O) groups excluding carboxylic acids is 1. The van der Waals surface area contributed by atoms with Gasteiger partial charge in [-0.2, -0.15) is 11.8 Å². The fraction of sp³-hybridized carbons (Fsp3) is 0.520. The molecule has 41 heavy (non-hydrogen) atoms. The van der Waals surface area contributed by atoms with E-state index in [1.807, 2.05) is 38.3 Å².